The van der Waals surface area contributed by atoms with Crippen LogP contribution in [0.25, 0.3) is 0 Å². The lowest BCUT2D eigenvalue weighted by molar-refractivity contribution is -0.146. The van der Waals surface area contributed by atoms with E-state index in [4.69, 9.17) is 0 Å². The maximum atomic E-state index is 11.3. The van der Waals surface area contributed by atoms with Gasteiger partial charge in [0.25, 0.3) is 0 Å². The van der Waals surface area contributed by atoms with Gasteiger partial charge in [-0.3, -0.25) is 4.79 Å². The van der Waals surface area contributed by atoms with Gasteiger partial charge < -0.3 is 5.11 Å². The van der Waals surface area contributed by atoms with Gasteiger partial charge in [0.05, 0.1) is 5.41 Å². The van der Waals surface area contributed by atoms with Crippen LogP contribution in [0.4, 0.5) is 0 Å². The molecule has 0 amide bonds. The third-order valence-electron chi connectivity index (χ3n) is 4.53. The fourth-order valence-corrected chi connectivity index (χ4v) is 3.59. The summed E-state index contributed by atoms with van der Waals surface area (Å²) in [4.78, 5) is 11.3. The Balaban J connectivity index is 2.30. The van der Waals surface area contributed by atoms with Crippen LogP contribution in [0.3, 0.4) is 0 Å². The molecule has 0 spiro atoms. The van der Waals surface area contributed by atoms with Crippen molar-refractivity contribution >= 4 is 5.97 Å². The van der Waals surface area contributed by atoms with E-state index in [-0.39, 0.29) is 10.8 Å². The van der Waals surface area contributed by atoms with Crippen LogP contribution in [-0.2, 0) is 4.79 Å². The quantitative estimate of drug-likeness (QED) is 0.676. The van der Waals surface area contributed by atoms with Crippen molar-refractivity contribution < 1.29 is 9.90 Å². The number of aliphatic carboxylic acids is 1. The van der Waals surface area contributed by atoms with Crippen molar-refractivity contribution in [3.05, 3.63) is 0 Å². The molecular formula is C11H18O2. The number of carboxylic acid groups (broad SMARTS) is 1. The van der Waals surface area contributed by atoms with Crippen LogP contribution in [0.2, 0.25) is 0 Å². The zero-order chi connectivity index (χ0) is 9.85. The minimum Gasteiger partial charge on any atom is -0.481 e. The molecule has 13 heavy (non-hydrogen) atoms. The molecular weight excluding hydrogens is 164 g/mol. The number of hydrogen-bond acceptors (Lipinski definition) is 1. The molecule has 0 bridgehead atoms. The normalized spacial score (nSPS) is 46.7. The highest BCUT2D eigenvalue weighted by Gasteiger charge is 2.76. The summed E-state index contributed by atoms with van der Waals surface area (Å²) in [6.07, 6.45) is 3.21. The third-order valence-corrected chi connectivity index (χ3v) is 4.53. The highest BCUT2D eigenvalue weighted by Crippen LogP contribution is 2.75. The Morgan fingerprint density at radius 1 is 1.38 bits per heavy atom. The summed E-state index contributed by atoms with van der Waals surface area (Å²) in [5.41, 5.74) is -0.325. The highest BCUT2D eigenvalue weighted by atomic mass is 16.4. The Kier molecular flexibility index (Phi) is 1.59. The molecule has 2 rings (SSSR count). The SMILES string of the molecule is CC1CCC2C(C)(C)C2(C(=O)O)C1. The number of carboxylic acids is 1. The highest BCUT2D eigenvalue weighted by molar-refractivity contribution is 5.81. The molecule has 0 aromatic heterocycles. The number of carbonyl (C=O) groups is 1. The summed E-state index contributed by atoms with van der Waals surface area (Å²) >= 11 is 0. The number of hydrogen-bond donors (Lipinski definition) is 1. The van der Waals surface area contributed by atoms with Gasteiger partial charge in [0, 0.05) is 0 Å². The standard InChI is InChI=1S/C11H18O2/c1-7-4-5-8-10(2,3)11(8,6-7)9(12)13/h7-8H,4-6H2,1-3H3,(H,12,13). The first kappa shape index (κ1) is 9.04. The van der Waals surface area contributed by atoms with Crippen molar-refractivity contribution in [2.75, 3.05) is 0 Å². The van der Waals surface area contributed by atoms with Crippen molar-refractivity contribution in [3.63, 3.8) is 0 Å². The topological polar surface area (TPSA) is 37.3 Å². The molecule has 3 unspecified atom stereocenters. The second-order valence-electron chi connectivity index (χ2n) is 5.44. The second kappa shape index (κ2) is 2.28. The Labute approximate surface area is 79.3 Å². The lowest BCUT2D eigenvalue weighted by Gasteiger charge is -2.23. The summed E-state index contributed by atoms with van der Waals surface area (Å²) in [7, 11) is 0. The fraction of sp³-hybridized carbons (Fsp3) is 0.909. The molecule has 0 radical (unpaired) electrons. The lowest BCUT2D eigenvalue weighted by atomic mass is 9.80. The second-order valence-corrected chi connectivity index (χ2v) is 5.44. The Hall–Kier alpha value is -0.530. The minimum absolute atomic E-state index is 0.0452. The average Bonchev–Trinajstić information content (AvgIpc) is 2.50. The molecule has 0 aliphatic heterocycles. The van der Waals surface area contributed by atoms with Gasteiger partial charge in [-0.2, -0.15) is 0 Å². The molecule has 0 heterocycles. The molecule has 2 heteroatoms. The van der Waals surface area contributed by atoms with Gasteiger partial charge >= 0.3 is 5.97 Å². The third kappa shape index (κ3) is 0.866. The Bertz CT molecular complexity index is 257. The largest absolute Gasteiger partial charge is 0.481 e. The van der Waals surface area contributed by atoms with Crippen molar-refractivity contribution in [3.8, 4) is 0 Å². The number of fused-ring (bicyclic) bond motifs is 1. The molecule has 2 fully saturated rings. The molecule has 74 valence electrons. The van der Waals surface area contributed by atoms with Crippen LogP contribution >= 0.6 is 0 Å². The van der Waals surface area contributed by atoms with E-state index >= 15 is 0 Å². The Morgan fingerprint density at radius 3 is 2.46 bits per heavy atom. The van der Waals surface area contributed by atoms with E-state index in [1.54, 1.807) is 0 Å². The van der Waals surface area contributed by atoms with E-state index in [1.807, 2.05) is 0 Å². The lowest BCUT2D eigenvalue weighted by Crippen LogP contribution is -2.26. The van der Waals surface area contributed by atoms with Gasteiger partial charge in [-0.15, -0.1) is 0 Å². The van der Waals surface area contributed by atoms with Crippen molar-refractivity contribution in [1.82, 2.24) is 0 Å². The van der Waals surface area contributed by atoms with Gasteiger partial charge in [-0.05, 0) is 30.1 Å². The van der Waals surface area contributed by atoms with Crippen LogP contribution < -0.4 is 0 Å². The molecule has 3 atom stereocenters. The smallest absolute Gasteiger partial charge is 0.310 e. The van der Waals surface area contributed by atoms with Crippen molar-refractivity contribution in [2.24, 2.45) is 22.7 Å². The molecule has 2 saturated carbocycles. The van der Waals surface area contributed by atoms with Gasteiger partial charge in [-0.25, -0.2) is 0 Å². The predicted octanol–water partition coefficient (Wildman–Crippen LogP) is 2.53. The van der Waals surface area contributed by atoms with Crippen LogP contribution in [0, 0.1) is 22.7 Å². The molecule has 2 aliphatic rings. The minimum atomic E-state index is -0.561. The molecule has 1 N–H and O–H groups in total. The molecule has 0 aromatic carbocycles. The first-order valence-electron chi connectivity index (χ1n) is 5.16. The van der Waals surface area contributed by atoms with Gasteiger partial charge in [0.1, 0.15) is 0 Å². The first-order chi connectivity index (χ1) is 5.93. The van der Waals surface area contributed by atoms with Crippen LogP contribution in [-0.4, -0.2) is 11.1 Å². The first-order valence-corrected chi connectivity index (χ1v) is 5.16. The summed E-state index contributed by atoms with van der Waals surface area (Å²) in [5.74, 6) is 0.469. The van der Waals surface area contributed by atoms with Crippen LogP contribution in [0.5, 0.6) is 0 Å². The molecule has 2 nitrogen and oxygen atoms in total. The predicted molar refractivity (Wildman–Crippen MR) is 50.4 cm³/mol. The van der Waals surface area contributed by atoms with Crippen LogP contribution in [0.15, 0.2) is 0 Å². The van der Waals surface area contributed by atoms with E-state index in [0.717, 1.165) is 12.8 Å². The van der Waals surface area contributed by atoms with Gasteiger partial charge in [0.2, 0.25) is 0 Å². The maximum absolute atomic E-state index is 11.3. The Morgan fingerprint density at radius 2 is 2.00 bits per heavy atom. The summed E-state index contributed by atoms with van der Waals surface area (Å²) in [5, 5.41) is 9.29. The average molecular weight is 182 g/mol. The van der Waals surface area contributed by atoms with Crippen LogP contribution in [0.1, 0.15) is 40.0 Å². The maximum Gasteiger partial charge on any atom is 0.310 e. The van der Waals surface area contributed by atoms with E-state index in [2.05, 4.69) is 20.8 Å². The van der Waals surface area contributed by atoms with E-state index < -0.39 is 5.97 Å². The monoisotopic (exact) mass is 182 g/mol. The molecule has 0 aromatic rings. The van der Waals surface area contributed by atoms with Gasteiger partial charge in [0.15, 0.2) is 0 Å². The zero-order valence-electron chi connectivity index (χ0n) is 8.63. The summed E-state index contributed by atoms with van der Waals surface area (Å²) in [6.45, 7) is 6.41. The number of rotatable bonds is 1. The molecule has 2 aliphatic carbocycles. The van der Waals surface area contributed by atoms with Gasteiger partial charge in [-0.1, -0.05) is 27.2 Å². The van der Waals surface area contributed by atoms with Crippen molar-refractivity contribution in [1.29, 1.82) is 0 Å². The van der Waals surface area contributed by atoms with Crippen molar-refractivity contribution in [2.45, 2.75) is 40.0 Å². The van der Waals surface area contributed by atoms with E-state index in [1.165, 1.54) is 6.42 Å². The summed E-state index contributed by atoms with van der Waals surface area (Å²) < 4.78 is 0. The molecule has 0 saturated heterocycles. The van der Waals surface area contributed by atoms with E-state index in [9.17, 15) is 9.90 Å². The summed E-state index contributed by atoms with van der Waals surface area (Å²) in [6, 6.07) is 0. The van der Waals surface area contributed by atoms with E-state index in [0.29, 0.717) is 11.8 Å². The fourth-order valence-electron chi connectivity index (χ4n) is 3.59. The zero-order valence-corrected chi connectivity index (χ0v) is 8.63.